The molecular weight excluding hydrogens is 609 g/mol. The van der Waals surface area contributed by atoms with Gasteiger partial charge in [-0.2, -0.15) is 9.78 Å². The van der Waals surface area contributed by atoms with Crippen molar-refractivity contribution in [1.29, 1.82) is 0 Å². The summed E-state index contributed by atoms with van der Waals surface area (Å²) in [5.74, 6) is 2.35. The molecule has 0 spiro atoms. The van der Waals surface area contributed by atoms with Crippen LogP contribution in [0.4, 0.5) is 0 Å². The van der Waals surface area contributed by atoms with Crippen LogP contribution in [0.3, 0.4) is 0 Å². The quantitative estimate of drug-likeness (QED) is 0.209. The average molecular weight is 638 g/mol. The summed E-state index contributed by atoms with van der Waals surface area (Å²) in [5, 5.41) is 5.21. The summed E-state index contributed by atoms with van der Waals surface area (Å²) < 4.78 is 14.9. The van der Waals surface area contributed by atoms with E-state index in [0.29, 0.717) is 16.7 Å². The summed E-state index contributed by atoms with van der Waals surface area (Å²) >= 11 is 5.72. The van der Waals surface area contributed by atoms with Crippen molar-refractivity contribution < 1.29 is 9.47 Å². The lowest BCUT2D eigenvalue weighted by Crippen LogP contribution is -2.25. The Bertz CT molecular complexity index is 1270. The number of rotatable bonds is 7. The Morgan fingerprint density at radius 1 is 1.26 bits per heavy atom. The fourth-order valence-electron chi connectivity index (χ4n) is 4.24. The van der Waals surface area contributed by atoms with Crippen molar-refractivity contribution in [3.63, 3.8) is 0 Å². The first-order chi connectivity index (χ1) is 16.4. The molecule has 0 amide bonds. The lowest BCUT2D eigenvalue weighted by atomic mass is 9.88. The molecule has 1 aliphatic rings. The number of hydrogen-bond donors (Lipinski definition) is 0. The van der Waals surface area contributed by atoms with Crippen LogP contribution in [0.15, 0.2) is 44.7 Å². The molecule has 0 N–H and O–H groups in total. The smallest absolute Gasteiger partial charge is 0.282 e. The molecule has 180 valence electrons. The molecule has 0 bridgehead atoms. The van der Waals surface area contributed by atoms with E-state index in [2.05, 4.69) is 50.5 Å². The Hall–Kier alpha value is -1.94. The fourth-order valence-corrected chi connectivity index (χ4v) is 5.35. The highest BCUT2D eigenvalue weighted by Crippen LogP contribution is 2.35. The third kappa shape index (κ3) is 5.48. The number of nitrogens with zero attached hydrogens (tertiary/aromatic N) is 3. The number of benzene rings is 2. The number of hydrogen-bond acceptors (Lipinski definition) is 5. The minimum Gasteiger partial charge on any atom is -0.493 e. The maximum Gasteiger partial charge on any atom is 0.282 e. The minimum atomic E-state index is -0.151. The third-order valence-corrected chi connectivity index (χ3v) is 7.57. The summed E-state index contributed by atoms with van der Waals surface area (Å²) in [7, 11) is 1.63. The molecule has 1 atom stereocenters. The highest BCUT2D eigenvalue weighted by atomic mass is 127. The molecule has 1 fully saturated rings. The highest BCUT2D eigenvalue weighted by molar-refractivity contribution is 14.1. The molecule has 1 aromatic heterocycles. The van der Waals surface area contributed by atoms with Gasteiger partial charge in [-0.05, 0) is 84.7 Å². The Morgan fingerprint density at radius 3 is 2.74 bits per heavy atom. The standard InChI is InChI=1S/C26H29BrIN3O3/c1-4-16(2)34-24-21(28)12-17(13-23(24)33-3)15-29-31-25(18-8-6-5-7-9-18)30-22-11-10-19(27)14-20(22)26(31)32/h10-16,18H,4-9H2,1-3H3/t16-/m0/s1. The summed E-state index contributed by atoms with van der Waals surface area (Å²) in [6.45, 7) is 4.12. The summed E-state index contributed by atoms with van der Waals surface area (Å²) in [4.78, 5) is 18.4. The van der Waals surface area contributed by atoms with Crippen LogP contribution in [-0.4, -0.2) is 29.1 Å². The molecule has 1 saturated carbocycles. The molecule has 0 aliphatic heterocycles. The topological polar surface area (TPSA) is 65.7 Å². The highest BCUT2D eigenvalue weighted by Gasteiger charge is 2.22. The van der Waals surface area contributed by atoms with E-state index in [4.69, 9.17) is 14.5 Å². The predicted molar refractivity (Wildman–Crippen MR) is 149 cm³/mol. The van der Waals surface area contributed by atoms with Gasteiger partial charge < -0.3 is 9.47 Å². The van der Waals surface area contributed by atoms with E-state index in [0.717, 1.165) is 57.3 Å². The molecule has 0 saturated heterocycles. The summed E-state index contributed by atoms with van der Waals surface area (Å²) in [5.41, 5.74) is 1.39. The minimum absolute atomic E-state index is 0.0848. The zero-order valence-corrected chi connectivity index (χ0v) is 23.4. The number of halogens is 2. The first-order valence-electron chi connectivity index (χ1n) is 11.7. The van der Waals surface area contributed by atoms with E-state index in [1.165, 1.54) is 11.1 Å². The predicted octanol–water partition coefficient (Wildman–Crippen LogP) is 6.88. The molecule has 4 rings (SSSR count). The second-order valence-corrected chi connectivity index (χ2v) is 10.8. The average Bonchev–Trinajstić information content (AvgIpc) is 2.85. The van der Waals surface area contributed by atoms with E-state index in [1.54, 1.807) is 13.3 Å². The lowest BCUT2D eigenvalue weighted by molar-refractivity contribution is 0.206. The van der Waals surface area contributed by atoms with Crippen molar-refractivity contribution in [2.45, 2.75) is 64.4 Å². The lowest BCUT2D eigenvalue weighted by Gasteiger charge is -2.22. The van der Waals surface area contributed by atoms with Crippen molar-refractivity contribution in [1.82, 2.24) is 9.66 Å². The van der Waals surface area contributed by atoms with Crippen LogP contribution < -0.4 is 15.0 Å². The molecule has 8 heteroatoms. The molecule has 1 aliphatic carbocycles. The Balaban J connectivity index is 1.79. The van der Waals surface area contributed by atoms with Crippen molar-refractivity contribution in [3.8, 4) is 11.5 Å². The van der Waals surface area contributed by atoms with Gasteiger partial charge in [0.25, 0.3) is 5.56 Å². The molecule has 2 aromatic carbocycles. The maximum atomic E-state index is 13.5. The number of ether oxygens (including phenoxy) is 2. The zero-order valence-electron chi connectivity index (χ0n) is 19.7. The molecule has 3 aromatic rings. The molecule has 0 unspecified atom stereocenters. The van der Waals surface area contributed by atoms with Crippen LogP contribution in [0.2, 0.25) is 0 Å². The number of aromatic nitrogens is 2. The van der Waals surface area contributed by atoms with Crippen LogP contribution in [0.1, 0.15) is 69.7 Å². The van der Waals surface area contributed by atoms with E-state index in [-0.39, 0.29) is 17.6 Å². The molecule has 1 heterocycles. The van der Waals surface area contributed by atoms with E-state index in [1.807, 2.05) is 37.3 Å². The zero-order chi connectivity index (χ0) is 24.2. The van der Waals surface area contributed by atoms with Gasteiger partial charge in [-0.25, -0.2) is 4.98 Å². The van der Waals surface area contributed by atoms with Crippen LogP contribution in [0.5, 0.6) is 11.5 Å². The second kappa shape index (κ2) is 11.2. The van der Waals surface area contributed by atoms with Gasteiger partial charge in [-0.3, -0.25) is 4.79 Å². The van der Waals surface area contributed by atoms with E-state index in [9.17, 15) is 4.79 Å². The van der Waals surface area contributed by atoms with E-state index < -0.39 is 0 Å². The Morgan fingerprint density at radius 2 is 2.03 bits per heavy atom. The van der Waals surface area contributed by atoms with Crippen LogP contribution >= 0.6 is 38.5 Å². The van der Waals surface area contributed by atoms with Crippen LogP contribution in [0, 0.1) is 3.57 Å². The van der Waals surface area contributed by atoms with Crippen molar-refractivity contribution in [2.24, 2.45) is 5.10 Å². The van der Waals surface area contributed by atoms with Gasteiger partial charge in [0.05, 0.1) is 33.9 Å². The normalized spacial score (nSPS) is 15.7. The molecule has 0 radical (unpaired) electrons. The monoisotopic (exact) mass is 637 g/mol. The van der Waals surface area contributed by atoms with Crippen LogP contribution in [0.25, 0.3) is 10.9 Å². The van der Waals surface area contributed by atoms with Crippen molar-refractivity contribution in [3.05, 3.63) is 60.1 Å². The fraction of sp³-hybridized carbons (Fsp3) is 0.423. The van der Waals surface area contributed by atoms with Crippen LogP contribution in [-0.2, 0) is 0 Å². The Kier molecular flexibility index (Phi) is 8.29. The van der Waals surface area contributed by atoms with Gasteiger partial charge in [0.15, 0.2) is 11.5 Å². The number of fused-ring (bicyclic) bond motifs is 1. The first kappa shape index (κ1) is 25.2. The van der Waals surface area contributed by atoms with Gasteiger partial charge in [0.2, 0.25) is 0 Å². The van der Waals surface area contributed by atoms with Crippen molar-refractivity contribution in [2.75, 3.05) is 7.11 Å². The number of methoxy groups -OCH3 is 1. The molecular formula is C26H29BrIN3O3. The SMILES string of the molecule is CC[C@H](C)Oc1c(I)cc(C=Nn2c(C3CCCCC3)nc3ccc(Br)cc3c2=O)cc1OC. The third-order valence-electron chi connectivity index (χ3n) is 6.27. The van der Waals surface area contributed by atoms with Gasteiger partial charge in [-0.1, -0.05) is 42.1 Å². The molecule has 6 nitrogen and oxygen atoms in total. The van der Waals surface area contributed by atoms with Gasteiger partial charge >= 0.3 is 0 Å². The Labute approximate surface area is 222 Å². The van der Waals surface area contributed by atoms with Gasteiger partial charge in [0.1, 0.15) is 5.82 Å². The first-order valence-corrected chi connectivity index (χ1v) is 13.6. The summed E-state index contributed by atoms with van der Waals surface area (Å²) in [6, 6.07) is 9.50. The van der Waals surface area contributed by atoms with E-state index >= 15 is 0 Å². The van der Waals surface area contributed by atoms with Gasteiger partial charge in [0, 0.05) is 10.4 Å². The largest absolute Gasteiger partial charge is 0.493 e. The molecule has 34 heavy (non-hydrogen) atoms. The van der Waals surface area contributed by atoms with Crippen molar-refractivity contribution >= 4 is 55.6 Å². The second-order valence-electron chi connectivity index (χ2n) is 8.70. The maximum absolute atomic E-state index is 13.5. The van der Waals surface area contributed by atoms with Gasteiger partial charge in [-0.15, -0.1) is 0 Å². The summed E-state index contributed by atoms with van der Waals surface area (Å²) in [6.07, 6.45) is 8.27.